The van der Waals surface area contributed by atoms with Crippen LogP contribution in [-0.2, 0) is 7.05 Å². The zero-order valence-corrected chi connectivity index (χ0v) is 8.63. The molecule has 0 aromatic carbocycles. The Hall–Kier alpha value is -0.750. The molecule has 0 unspecified atom stereocenters. The topological polar surface area (TPSA) is 43.6 Å². The lowest BCUT2D eigenvalue weighted by molar-refractivity contribution is 0.770. The maximum Gasteiger partial charge on any atom is 0.209 e. The lowest BCUT2D eigenvalue weighted by Crippen LogP contribution is -1.87. The zero-order chi connectivity index (χ0) is 8.55. The maximum atomic E-state index is 4.20. The summed E-state index contributed by atoms with van der Waals surface area (Å²) >= 11 is 4.52. The van der Waals surface area contributed by atoms with E-state index in [4.69, 9.17) is 0 Å². The van der Waals surface area contributed by atoms with Crippen LogP contribution in [0.2, 0.25) is 0 Å². The van der Waals surface area contributed by atoms with Crippen LogP contribution in [0.25, 0.3) is 10.7 Å². The molecule has 0 N–H and O–H groups in total. The highest BCUT2D eigenvalue weighted by molar-refractivity contribution is 9.10. The van der Waals surface area contributed by atoms with Gasteiger partial charge in [0.15, 0.2) is 5.01 Å². The van der Waals surface area contributed by atoms with Gasteiger partial charge in [0.1, 0.15) is 5.69 Å². The number of nitrogens with zero attached hydrogens (tertiary/aromatic N) is 4. The predicted molar refractivity (Wildman–Crippen MR) is 49.8 cm³/mol. The third-order valence-corrected chi connectivity index (χ3v) is 2.66. The molecule has 2 heterocycles. The average Bonchev–Trinajstić information content (AvgIpc) is 2.58. The Morgan fingerprint density at radius 1 is 1.58 bits per heavy atom. The third-order valence-electron chi connectivity index (χ3n) is 1.33. The molecular formula is C6H5BrN4S. The van der Waals surface area contributed by atoms with Gasteiger partial charge in [-0.1, -0.05) is 0 Å². The number of halogens is 1. The predicted octanol–water partition coefficient (Wildman–Crippen LogP) is 1.70. The number of aromatic nitrogens is 4. The first-order chi connectivity index (χ1) is 5.75. The standard InChI is InChI=1S/C6H5BrN4S/c1-11-3-2-4(9-11)5-8-6(7)10-12-5/h2-3H,1H3. The van der Waals surface area contributed by atoms with Gasteiger partial charge in [-0.05, 0) is 33.5 Å². The first-order valence-electron chi connectivity index (χ1n) is 3.25. The normalized spacial score (nSPS) is 10.5. The summed E-state index contributed by atoms with van der Waals surface area (Å²) in [5, 5.41) is 5.03. The Labute approximate surface area is 81.5 Å². The minimum atomic E-state index is 0.619. The van der Waals surface area contributed by atoms with Crippen molar-refractivity contribution < 1.29 is 0 Å². The summed E-state index contributed by atoms with van der Waals surface area (Å²) in [7, 11) is 1.87. The van der Waals surface area contributed by atoms with Crippen LogP contribution in [0.5, 0.6) is 0 Å². The fourth-order valence-corrected chi connectivity index (χ4v) is 1.88. The van der Waals surface area contributed by atoms with Gasteiger partial charge in [0.25, 0.3) is 0 Å². The van der Waals surface area contributed by atoms with Crippen molar-refractivity contribution in [3.8, 4) is 10.7 Å². The zero-order valence-electron chi connectivity index (χ0n) is 6.23. The minimum absolute atomic E-state index is 0.619. The van der Waals surface area contributed by atoms with E-state index in [0.717, 1.165) is 10.7 Å². The number of aryl methyl sites for hydroxylation is 1. The molecule has 0 saturated carbocycles. The molecule has 6 heteroatoms. The summed E-state index contributed by atoms with van der Waals surface area (Å²) in [6.07, 6.45) is 1.88. The Morgan fingerprint density at radius 2 is 2.42 bits per heavy atom. The van der Waals surface area contributed by atoms with Gasteiger partial charge in [-0.25, -0.2) is 4.98 Å². The summed E-state index contributed by atoms with van der Waals surface area (Å²) in [6.45, 7) is 0. The SMILES string of the molecule is Cn1ccc(-c2nc(Br)ns2)n1. The molecule has 0 spiro atoms. The van der Waals surface area contributed by atoms with Crippen molar-refractivity contribution in [2.75, 3.05) is 0 Å². The highest BCUT2D eigenvalue weighted by Gasteiger charge is 2.06. The quantitative estimate of drug-likeness (QED) is 0.768. The molecule has 0 fully saturated rings. The van der Waals surface area contributed by atoms with Gasteiger partial charge < -0.3 is 0 Å². The van der Waals surface area contributed by atoms with Gasteiger partial charge in [-0.15, -0.1) is 0 Å². The Morgan fingerprint density at radius 3 is 2.92 bits per heavy atom. The molecule has 0 bridgehead atoms. The van der Waals surface area contributed by atoms with Gasteiger partial charge >= 0.3 is 0 Å². The summed E-state index contributed by atoms with van der Waals surface area (Å²) < 4.78 is 6.36. The van der Waals surface area contributed by atoms with Gasteiger partial charge in [0.05, 0.1) is 0 Å². The van der Waals surface area contributed by atoms with E-state index in [9.17, 15) is 0 Å². The second-order valence-corrected chi connectivity index (χ2v) is 3.70. The Bertz CT molecular complexity index is 355. The van der Waals surface area contributed by atoms with Crippen LogP contribution in [0.4, 0.5) is 0 Å². The van der Waals surface area contributed by atoms with Crippen molar-refractivity contribution in [2.45, 2.75) is 0 Å². The highest BCUT2D eigenvalue weighted by atomic mass is 79.9. The molecule has 0 radical (unpaired) electrons. The third kappa shape index (κ3) is 1.39. The molecule has 0 amide bonds. The molecule has 0 saturated heterocycles. The molecule has 12 heavy (non-hydrogen) atoms. The summed E-state index contributed by atoms with van der Waals surface area (Å²) in [4.78, 5) is 4.14. The van der Waals surface area contributed by atoms with Crippen molar-refractivity contribution in [1.29, 1.82) is 0 Å². The van der Waals surface area contributed by atoms with Gasteiger partial charge in [-0.3, -0.25) is 4.68 Å². The molecule has 0 aliphatic heterocycles. The van der Waals surface area contributed by atoms with E-state index < -0.39 is 0 Å². The first-order valence-corrected chi connectivity index (χ1v) is 4.81. The van der Waals surface area contributed by atoms with Crippen LogP contribution in [0.1, 0.15) is 0 Å². The first kappa shape index (κ1) is 7.88. The van der Waals surface area contributed by atoms with Crippen molar-refractivity contribution in [1.82, 2.24) is 19.1 Å². The second kappa shape index (κ2) is 2.95. The second-order valence-electron chi connectivity index (χ2n) is 2.24. The monoisotopic (exact) mass is 244 g/mol. The molecule has 2 rings (SSSR count). The van der Waals surface area contributed by atoms with E-state index in [1.54, 1.807) is 4.68 Å². The summed E-state index contributed by atoms with van der Waals surface area (Å²) in [5.41, 5.74) is 0.862. The fourth-order valence-electron chi connectivity index (χ4n) is 0.839. The highest BCUT2D eigenvalue weighted by Crippen LogP contribution is 2.20. The molecular weight excluding hydrogens is 240 g/mol. The van der Waals surface area contributed by atoms with Crippen LogP contribution in [0, 0.1) is 0 Å². The van der Waals surface area contributed by atoms with Crippen LogP contribution >= 0.6 is 27.5 Å². The Kier molecular flexibility index (Phi) is 1.93. The van der Waals surface area contributed by atoms with E-state index >= 15 is 0 Å². The molecule has 2 aromatic heterocycles. The van der Waals surface area contributed by atoms with Crippen molar-refractivity contribution in [3.05, 3.63) is 17.0 Å². The van der Waals surface area contributed by atoms with E-state index in [1.807, 2.05) is 19.3 Å². The molecule has 4 nitrogen and oxygen atoms in total. The number of hydrogen-bond donors (Lipinski definition) is 0. The smallest absolute Gasteiger partial charge is 0.209 e. The molecule has 0 aliphatic rings. The number of rotatable bonds is 1. The lowest BCUT2D eigenvalue weighted by atomic mass is 10.5. The van der Waals surface area contributed by atoms with Gasteiger partial charge in [0.2, 0.25) is 4.73 Å². The van der Waals surface area contributed by atoms with Gasteiger partial charge in [0, 0.05) is 13.2 Å². The van der Waals surface area contributed by atoms with E-state index in [2.05, 4.69) is 30.4 Å². The van der Waals surface area contributed by atoms with Crippen molar-refractivity contribution in [2.24, 2.45) is 7.05 Å². The molecule has 0 atom stereocenters. The lowest BCUT2D eigenvalue weighted by Gasteiger charge is -1.85. The van der Waals surface area contributed by atoms with E-state index in [-0.39, 0.29) is 0 Å². The molecule has 0 aliphatic carbocycles. The van der Waals surface area contributed by atoms with Crippen molar-refractivity contribution in [3.63, 3.8) is 0 Å². The van der Waals surface area contributed by atoms with Crippen LogP contribution in [0.3, 0.4) is 0 Å². The summed E-state index contributed by atoms with van der Waals surface area (Å²) in [6, 6.07) is 1.91. The fraction of sp³-hybridized carbons (Fsp3) is 0.167. The molecule has 2 aromatic rings. The average molecular weight is 245 g/mol. The minimum Gasteiger partial charge on any atom is -0.275 e. The van der Waals surface area contributed by atoms with E-state index in [0.29, 0.717) is 4.73 Å². The number of hydrogen-bond acceptors (Lipinski definition) is 4. The largest absolute Gasteiger partial charge is 0.275 e. The maximum absolute atomic E-state index is 4.20. The van der Waals surface area contributed by atoms with E-state index in [1.165, 1.54) is 11.5 Å². The molecule has 62 valence electrons. The van der Waals surface area contributed by atoms with Crippen LogP contribution in [-0.4, -0.2) is 19.1 Å². The van der Waals surface area contributed by atoms with Gasteiger partial charge in [-0.2, -0.15) is 9.47 Å². The van der Waals surface area contributed by atoms with Crippen LogP contribution in [0.15, 0.2) is 17.0 Å². The Balaban J connectivity index is 2.43. The van der Waals surface area contributed by atoms with Crippen molar-refractivity contribution >= 4 is 27.5 Å². The van der Waals surface area contributed by atoms with Crippen LogP contribution < -0.4 is 0 Å². The summed E-state index contributed by atoms with van der Waals surface area (Å²) in [5.74, 6) is 0.